The number of aromatic amines is 1. The van der Waals surface area contributed by atoms with Crippen molar-refractivity contribution in [3.63, 3.8) is 0 Å². The predicted octanol–water partition coefficient (Wildman–Crippen LogP) is 5.58. The minimum Gasteiger partial charge on any atom is -0.436 e. The van der Waals surface area contributed by atoms with Gasteiger partial charge in [-0.15, -0.1) is 0 Å². The number of piperidine rings is 1. The van der Waals surface area contributed by atoms with Crippen molar-refractivity contribution in [1.29, 1.82) is 0 Å². The Morgan fingerprint density at radius 2 is 2.03 bits per heavy atom. The van der Waals surface area contributed by atoms with E-state index in [1.54, 1.807) is 18.3 Å². The SMILES string of the molecule is CC[C@@H](c1ccc(F)cc1)c1c[nH]c(C(=O)N2CCC[C@@]3(C2)OC(=O)Nc2ccc(Cl)c(F)c23)n1. The zero-order chi connectivity index (χ0) is 24.7. The van der Waals surface area contributed by atoms with E-state index in [4.69, 9.17) is 16.3 Å². The second kappa shape index (κ2) is 8.96. The predicted molar refractivity (Wildman–Crippen MR) is 125 cm³/mol. The maximum absolute atomic E-state index is 15.1. The van der Waals surface area contributed by atoms with Gasteiger partial charge in [0.2, 0.25) is 0 Å². The van der Waals surface area contributed by atoms with Gasteiger partial charge < -0.3 is 14.6 Å². The number of amides is 2. The molecule has 1 fully saturated rings. The Hall–Kier alpha value is -3.46. The Bertz CT molecular complexity index is 1300. The van der Waals surface area contributed by atoms with Crippen LogP contribution in [0.1, 0.15) is 59.5 Å². The Balaban J connectivity index is 1.42. The van der Waals surface area contributed by atoms with Gasteiger partial charge in [0.1, 0.15) is 5.82 Å². The van der Waals surface area contributed by atoms with Crippen molar-refractivity contribution in [2.75, 3.05) is 18.4 Å². The van der Waals surface area contributed by atoms with Gasteiger partial charge in [-0.05, 0) is 49.1 Å². The molecule has 2 atom stereocenters. The summed E-state index contributed by atoms with van der Waals surface area (Å²) in [6.45, 7) is 2.35. The van der Waals surface area contributed by atoms with Crippen LogP contribution in [0.3, 0.4) is 0 Å². The van der Waals surface area contributed by atoms with Crippen LogP contribution in [0, 0.1) is 11.6 Å². The molecule has 7 nitrogen and oxygen atoms in total. The number of aromatic nitrogens is 2. The lowest BCUT2D eigenvalue weighted by Crippen LogP contribution is -2.53. The maximum Gasteiger partial charge on any atom is 0.412 e. The van der Waals surface area contributed by atoms with E-state index in [1.165, 1.54) is 29.2 Å². The van der Waals surface area contributed by atoms with Crippen LogP contribution in [-0.4, -0.2) is 40.0 Å². The molecule has 0 aliphatic carbocycles. The highest BCUT2D eigenvalue weighted by molar-refractivity contribution is 6.31. The quantitative estimate of drug-likeness (QED) is 0.490. The van der Waals surface area contributed by atoms with Crippen LogP contribution in [0.25, 0.3) is 0 Å². The van der Waals surface area contributed by atoms with Gasteiger partial charge in [-0.25, -0.2) is 18.6 Å². The summed E-state index contributed by atoms with van der Waals surface area (Å²) in [6.07, 6.45) is 2.50. The number of ether oxygens (including phenoxy) is 1. The summed E-state index contributed by atoms with van der Waals surface area (Å²) in [4.78, 5) is 34.6. The number of carbonyl (C=O) groups is 2. The third-order valence-corrected chi connectivity index (χ3v) is 6.95. The second-order valence-corrected chi connectivity index (χ2v) is 9.22. The first-order valence-corrected chi connectivity index (χ1v) is 11.8. The van der Waals surface area contributed by atoms with Gasteiger partial charge in [-0.2, -0.15) is 0 Å². The molecular formula is C25H23ClF2N4O3. The highest BCUT2D eigenvalue weighted by atomic mass is 35.5. The summed E-state index contributed by atoms with van der Waals surface area (Å²) in [5.74, 6) is -1.37. The third-order valence-electron chi connectivity index (χ3n) is 6.66. The number of likely N-dealkylation sites (tertiary alicyclic amines) is 1. The Kier molecular flexibility index (Phi) is 5.96. The fourth-order valence-electron chi connectivity index (χ4n) is 5.03. The molecule has 5 rings (SSSR count). The first kappa shape index (κ1) is 23.3. The van der Waals surface area contributed by atoms with Crippen LogP contribution >= 0.6 is 11.6 Å². The lowest BCUT2D eigenvalue weighted by Gasteiger charge is -2.44. The van der Waals surface area contributed by atoms with Crippen LogP contribution in [0.2, 0.25) is 5.02 Å². The standard InChI is InChI=1S/C25H23ClF2N4O3/c1-2-16(14-4-6-15(27)7-5-14)19-12-29-22(30-19)23(33)32-11-3-10-25(13-32)20-18(31-24(34)35-25)9-8-17(26)21(20)28/h4-9,12,16H,2-3,10-11,13H2,1H3,(H,29,30)(H,31,34)/t16-,25-/m0/s1. The molecule has 2 aliphatic heterocycles. The van der Waals surface area contributed by atoms with Crippen molar-refractivity contribution in [1.82, 2.24) is 14.9 Å². The number of rotatable bonds is 4. The zero-order valence-corrected chi connectivity index (χ0v) is 19.7. The van der Waals surface area contributed by atoms with Gasteiger partial charge >= 0.3 is 6.09 Å². The van der Waals surface area contributed by atoms with E-state index in [0.717, 1.165) is 5.56 Å². The number of nitrogens with one attached hydrogen (secondary N) is 2. The second-order valence-electron chi connectivity index (χ2n) is 8.81. The number of anilines is 1. The highest BCUT2D eigenvalue weighted by Gasteiger charge is 2.48. The molecule has 3 heterocycles. The van der Waals surface area contributed by atoms with E-state index in [0.29, 0.717) is 31.5 Å². The summed E-state index contributed by atoms with van der Waals surface area (Å²) in [6, 6.07) is 9.10. The van der Waals surface area contributed by atoms with Gasteiger partial charge in [0, 0.05) is 18.7 Å². The van der Waals surface area contributed by atoms with E-state index in [1.807, 2.05) is 6.92 Å². The summed E-state index contributed by atoms with van der Waals surface area (Å²) in [7, 11) is 0. The Labute approximate surface area is 205 Å². The summed E-state index contributed by atoms with van der Waals surface area (Å²) in [5.41, 5.74) is 0.621. The lowest BCUT2D eigenvalue weighted by molar-refractivity contribution is -0.0420. The molecule has 182 valence electrons. The molecule has 1 aromatic heterocycles. The smallest absolute Gasteiger partial charge is 0.412 e. The van der Waals surface area contributed by atoms with Gasteiger partial charge in [-0.3, -0.25) is 10.1 Å². The molecule has 10 heteroatoms. The maximum atomic E-state index is 15.1. The van der Waals surface area contributed by atoms with Crippen molar-refractivity contribution in [2.45, 2.75) is 37.7 Å². The number of fused-ring (bicyclic) bond motifs is 2. The monoisotopic (exact) mass is 500 g/mol. The Morgan fingerprint density at radius 1 is 1.26 bits per heavy atom. The average molecular weight is 501 g/mol. The fraction of sp³-hybridized carbons (Fsp3) is 0.320. The first-order chi connectivity index (χ1) is 16.8. The average Bonchev–Trinajstić information content (AvgIpc) is 3.32. The summed E-state index contributed by atoms with van der Waals surface area (Å²) in [5, 5.41) is 2.42. The molecule has 0 radical (unpaired) electrons. The van der Waals surface area contributed by atoms with Crippen LogP contribution in [-0.2, 0) is 10.3 Å². The zero-order valence-electron chi connectivity index (χ0n) is 18.9. The number of halogens is 3. The largest absolute Gasteiger partial charge is 0.436 e. The van der Waals surface area contributed by atoms with Gasteiger partial charge in [0.05, 0.1) is 28.5 Å². The van der Waals surface area contributed by atoms with E-state index >= 15 is 4.39 Å². The molecule has 0 bridgehead atoms. The number of benzene rings is 2. The van der Waals surface area contributed by atoms with Crippen LogP contribution in [0.15, 0.2) is 42.6 Å². The van der Waals surface area contributed by atoms with Gasteiger partial charge in [0.25, 0.3) is 5.91 Å². The third kappa shape index (κ3) is 4.14. The molecular weight excluding hydrogens is 478 g/mol. The van der Waals surface area contributed by atoms with Crippen molar-refractivity contribution in [3.05, 3.63) is 81.9 Å². The molecule has 2 N–H and O–H groups in total. The minimum atomic E-state index is -1.35. The molecule has 3 aromatic rings. The van der Waals surface area contributed by atoms with Crippen molar-refractivity contribution >= 4 is 29.3 Å². The fourth-order valence-corrected chi connectivity index (χ4v) is 5.19. The highest BCUT2D eigenvalue weighted by Crippen LogP contribution is 2.45. The van der Waals surface area contributed by atoms with E-state index < -0.39 is 17.5 Å². The molecule has 1 spiro atoms. The molecule has 2 aliphatic rings. The van der Waals surface area contributed by atoms with E-state index in [-0.39, 0.29) is 46.3 Å². The van der Waals surface area contributed by atoms with Crippen LogP contribution in [0.4, 0.5) is 19.3 Å². The van der Waals surface area contributed by atoms with Crippen LogP contribution in [0.5, 0.6) is 0 Å². The number of H-pyrrole nitrogens is 1. The first-order valence-electron chi connectivity index (χ1n) is 11.4. The number of imidazole rings is 1. The molecule has 1 saturated heterocycles. The van der Waals surface area contributed by atoms with Crippen molar-refractivity contribution < 1.29 is 23.1 Å². The summed E-state index contributed by atoms with van der Waals surface area (Å²) >= 11 is 6.02. The molecule has 0 unspecified atom stereocenters. The number of hydrogen-bond donors (Lipinski definition) is 2. The topological polar surface area (TPSA) is 87.3 Å². The molecule has 2 amide bonds. The van der Waals surface area contributed by atoms with E-state index in [2.05, 4.69) is 15.3 Å². The molecule has 35 heavy (non-hydrogen) atoms. The number of hydrogen-bond acceptors (Lipinski definition) is 4. The summed E-state index contributed by atoms with van der Waals surface area (Å²) < 4.78 is 34.1. The lowest BCUT2D eigenvalue weighted by atomic mass is 9.83. The molecule has 2 aromatic carbocycles. The van der Waals surface area contributed by atoms with Gasteiger partial charge in [-0.1, -0.05) is 30.7 Å². The number of carbonyl (C=O) groups excluding carboxylic acids is 2. The van der Waals surface area contributed by atoms with Crippen molar-refractivity contribution in [3.8, 4) is 0 Å². The van der Waals surface area contributed by atoms with Gasteiger partial charge in [0.15, 0.2) is 17.2 Å². The minimum absolute atomic E-state index is 0.0330. The van der Waals surface area contributed by atoms with Crippen LogP contribution < -0.4 is 5.32 Å². The normalized spacial score (nSPS) is 20.2. The number of nitrogens with zero attached hydrogens (tertiary/aromatic N) is 2. The van der Waals surface area contributed by atoms with Crippen molar-refractivity contribution in [2.24, 2.45) is 0 Å². The van der Waals surface area contributed by atoms with E-state index in [9.17, 15) is 14.0 Å². The Morgan fingerprint density at radius 3 is 2.77 bits per heavy atom. The molecule has 0 saturated carbocycles.